The highest BCUT2D eigenvalue weighted by Crippen LogP contribution is 2.35. The molecule has 12 heteroatoms. The molecule has 6 rings (SSSR count). The lowest BCUT2D eigenvalue weighted by molar-refractivity contribution is 0.0704. The molecule has 4 aromatic rings. The Morgan fingerprint density at radius 1 is 1.18 bits per heavy atom. The third kappa shape index (κ3) is 5.32. The fourth-order valence-electron chi connectivity index (χ4n) is 4.73. The van der Waals surface area contributed by atoms with Crippen LogP contribution in [0, 0.1) is 11.6 Å². The van der Waals surface area contributed by atoms with E-state index >= 15 is 0 Å². The Hall–Kier alpha value is -3.80. The third-order valence-corrected chi connectivity index (χ3v) is 7.55. The van der Waals surface area contributed by atoms with Gasteiger partial charge >= 0.3 is 0 Å². The van der Waals surface area contributed by atoms with Crippen LogP contribution in [0.5, 0.6) is 0 Å². The second-order valence-electron chi connectivity index (χ2n) is 9.29. The van der Waals surface area contributed by atoms with Gasteiger partial charge in [-0.15, -0.1) is 11.3 Å². The van der Waals surface area contributed by atoms with Gasteiger partial charge in [-0.25, -0.2) is 23.7 Å². The smallest absolute Gasteiger partial charge is 0.273 e. The number of aliphatic imine (C=N–C) groups is 1. The lowest BCUT2D eigenvalue weighted by Crippen LogP contribution is -2.51. The average Bonchev–Trinajstić information content (AvgIpc) is 3.32. The minimum Gasteiger partial charge on any atom is -0.334 e. The molecule has 0 unspecified atom stereocenters. The monoisotopic (exact) mass is 581 g/mol. The van der Waals surface area contributed by atoms with E-state index in [0.29, 0.717) is 51.3 Å². The largest absolute Gasteiger partial charge is 0.334 e. The van der Waals surface area contributed by atoms with Crippen molar-refractivity contribution in [2.45, 2.75) is 26.9 Å². The number of hydrogen-bond acceptors (Lipinski definition) is 8. The molecule has 1 amide bonds. The SMILES string of the molecule is C.C[C@@H]1CN(C(=O)c2csc(Nc3ncc4c(n3)-c3ccc(Cl)cc3C(c3c(F)cccc3F)=NC4)n2)CCN1. The first-order valence-electron chi connectivity index (χ1n) is 12.3. The summed E-state index contributed by atoms with van der Waals surface area (Å²) in [6, 6.07) is 8.99. The van der Waals surface area contributed by atoms with Crippen molar-refractivity contribution in [1.82, 2.24) is 25.2 Å². The molecule has 1 fully saturated rings. The van der Waals surface area contributed by atoms with Crippen LogP contribution in [0.15, 0.2) is 53.0 Å². The van der Waals surface area contributed by atoms with Crippen molar-refractivity contribution in [3.8, 4) is 11.3 Å². The molecule has 40 heavy (non-hydrogen) atoms. The number of thiazole rings is 1. The summed E-state index contributed by atoms with van der Waals surface area (Å²) in [6.45, 7) is 4.14. The maximum Gasteiger partial charge on any atom is 0.273 e. The van der Waals surface area contributed by atoms with Crippen molar-refractivity contribution < 1.29 is 13.6 Å². The zero-order chi connectivity index (χ0) is 27.1. The van der Waals surface area contributed by atoms with E-state index in [4.69, 9.17) is 16.6 Å². The number of aromatic nitrogens is 3. The van der Waals surface area contributed by atoms with Gasteiger partial charge in [0.1, 0.15) is 17.3 Å². The first-order chi connectivity index (χ1) is 18.9. The number of halogens is 3. The third-order valence-electron chi connectivity index (χ3n) is 6.56. The predicted molar refractivity (Wildman–Crippen MR) is 154 cm³/mol. The van der Waals surface area contributed by atoms with Gasteiger partial charge < -0.3 is 15.5 Å². The van der Waals surface area contributed by atoms with Gasteiger partial charge in [-0.2, -0.15) is 0 Å². The van der Waals surface area contributed by atoms with Crippen LogP contribution in [0.25, 0.3) is 11.3 Å². The lowest BCUT2D eigenvalue weighted by Gasteiger charge is -2.31. The Bertz CT molecular complexity index is 1610. The van der Waals surface area contributed by atoms with Crippen molar-refractivity contribution in [2.24, 2.45) is 4.99 Å². The summed E-state index contributed by atoms with van der Waals surface area (Å²) in [5, 5.41) is 8.98. The zero-order valence-corrected chi connectivity index (χ0v) is 22.3. The van der Waals surface area contributed by atoms with Gasteiger partial charge in [-0.05, 0) is 31.2 Å². The zero-order valence-electron chi connectivity index (χ0n) is 20.7. The molecule has 206 valence electrons. The molecule has 2 aromatic heterocycles. The van der Waals surface area contributed by atoms with E-state index in [1.165, 1.54) is 29.5 Å². The van der Waals surface area contributed by atoms with Crippen molar-refractivity contribution in [1.29, 1.82) is 0 Å². The normalized spacial score (nSPS) is 16.2. The number of hydrogen-bond donors (Lipinski definition) is 2. The Labute approximate surface area is 239 Å². The molecule has 2 aromatic carbocycles. The number of benzene rings is 2. The molecule has 0 saturated carbocycles. The second kappa shape index (κ2) is 11.4. The summed E-state index contributed by atoms with van der Waals surface area (Å²) in [5.74, 6) is -1.29. The van der Waals surface area contributed by atoms with Crippen LogP contribution < -0.4 is 10.6 Å². The highest BCUT2D eigenvalue weighted by molar-refractivity contribution is 7.14. The fourth-order valence-corrected chi connectivity index (χ4v) is 5.58. The fraction of sp³-hybridized carbons (Fsp3) is 0.250. The van der Waals surface area contributed by atoms with Gasteiger partial charge in [0.15, 0.2) is 5.13 Å². The quantitative estimate of drug-likeness (QED) is 0.321. The molecule has 1 saturated heterocycles. The molecule has 0 spiro atoms. The average molecular weight is 582 g/mol. The Morgan fingerprint density at radius 3 is 2.75 bits per heavy atom. The summed E-state index contributed by atoms with van der Waals surface area (Å²) in [5.41, 5.74) is 2.59. The van der Waals surface area contributed by atoms with Crippen LogP contribution >= 0.6 is 22.9 Å². The molecule has 0 aliphatic carbocycles. The minimum absolute atomic E-state index is 0. The summed E-state index contributed by atoms with van der Waals surface area (Å²) >= 11 is 7.57. The van der Waals surface area contributed by atoms with Crippen molar-refractivity contribution in [3.05, 3.63) is 87.0 Å². The number of amides is 1. The van der Waals surface area contributed by atoms with Gasteiger partial charge in [0.25, 0.3) is 5.91 Å². The van der Waals surface area contributed by atoms with Crippen LogP contribution in [0.1, 0.15) is 41.5 Å². The van der Waals surface area contributed by atoms with E-state index in [1.807, 2.05) is 6.92 Å². The topological polar surface area (TPSA) is 95.4 Å². The molecule has 1 atom stereocenters. The molecule has 8 nitrogen and oxygen atoms in total. The molecule has 0 radical (unpaired) electrons. The van der Waals surface area contributed by atoms with Crippen molar-refractivity contribution in [2.75, 3.05) is 25.0 Å². The molecular formula is C28H26ClF2N7OS. The number of piperazine rings is 1. The molecule has 4 heterocycles. The Balaban J connectivity index is 0.00000323. The van der Waals surface area contributed by atoms with Crippen LogP contribution in [0.3, 0.4) is 0 Å². The summed E-state index contributed by atoms with van der Waals surface area (Å²) in [7, 11) is 0. The van der Waals surface area contributed by atoms with Crippen molar-refractivity contribution >= 4 is 45.6 Å². The number of carbonyl (C=O) groups is 1. The summed E-state index contributed by atoms with van der Waals surface area (Å²) in [6.07, 6.45) is 1.62. The number of rotatable bonds is 4. The van der Waals surface area contributed by atoms with Gasteiger partial charge in [-0.3, -0.25) is 9.79 Å². The van der Waals surface area contributed by atoms with Gasteiger partial charge in [0.05, 0.1) is 23.5 Å². The minimum atomic E-state index is -0.719. The molecule has 2 aliphatic heterocycles. The molecular weight excluding hydrogens is 556 g/mol. The van der Waals surface area contributed by atoms with E-state index in [2.05, 4.69) is 25.6 Å². The van der Waals surface area contributed by atoms with Crippen LogP contribution in [0.2, 0.25) is 5.02 Å². The molecule has 2 N–H and O–H groups in total. The molecule has 2 aliphatic rings. The van der Waals surface area contributed by atoms with Gasteiger partial charge in [0, 0.05) is 59.0 Å². The molecule has 0 bridgehead atoms. The Kier molecular flexibility index (Phi) is 7.88. The first kappa shape index (κ1) is 27.8. The predicted octanol–water partition coefficient (Wildman–Crippen LogP) is 5.70. The first-order valence-corrected chi connectivity index (χ1v) is 13.5. The van der Waals surface area contributed by atoms with Crippen LogP contribution in [-0.4, -0.2) is 57.1 Å². The summed E-state index contributed by atoms with van der Waals surface area (Å²) < 4.78 is 29.5. The summed E-state index contributed by atoms with van der Waals surface area (Å²) in [4.78, 5) is 32.8. The van der Waals surface area contributed by atoms with E-state index in [0.717, 1.165) is 6.54 Å². The van der Waals surface area contributed by atoms with Gasteiger partial charge in [0.2, 0.25) is 5.95 Å². The Morgan fingerprint density at radius 2 is 1.98 bits per heavy atom. The number of fused-ring (bicyclic) bond motifs is 3. The highest BCUT2D eigenvalue weighted by Gasteiger charge is 2.26. The van der Waals surface area contributed by atoms with Gasteiger partial charge in [-0.1, -0.05) is 31.2 Å². The van der Waals surface area contributed by atoms with E-state index in [9.17, 15) is 13.6 Å². The number of nitrogens with one attached hydrogen (secondary N) is 2. The van der Waals surface area contributed by atoms with Crippen LogP contribution in [-0.2, 0) is 6.54 Å². The van der Waals surface area contributed by atoms with Crippen molar-refractivity contribution in [3.63, 3.8) is 0 Å². The number of nitrogens with zero attached hydrogens (tertiary/aromatic N) is 5. The number of carbonyl (C=O) groups excluding carboxylic acids is 1. The van der Waals surface area contributed by atoms with Crippen LogP contribution in [0.4, 0.5) is 19.9 Å². The van der Waals surface area contributed by atoms with E-state index in [1.54, 1.807) is 34.7 Å². The lowest BCUT2D eigenvalue weighted by atomic mass is 9.95. The standard InChI is InChI=1S/C27H22ClF2N7OS.CH4/c1-14-12-37(8-7-31-14)25(38)21-13-39-27(34-21)36-26-33-11-15-10-32-24(22-19(29)3-2-4-20(22)30)18-9-16(28)5-6-17(18)23(15)35-26;/h2-6,9,11,13-14,31H,7-8,10,12H2,1H3,(H,33,34,35,36);1H4/t14-;/m1./s1. The maximum absolute atomic E-state index is 14.8. The highest BCUT2D eigenvalue weighted by atomic mass is 35.5. The number of anilines is 2. The maximum atomic E-state index is 14.8. The second-order valence-corrected chi connectivity index (χ2v) is 10.6. The van der Waals surface area contributed by atoms with E-state index < -0.39 is 11.6 Å². The van der Waals surface area contributed by atoms with E-state index in [-0.39, 0.29) is 43.1 Å².